The number of carbonyl (C=O) groups excluding carboxylic acids is 2. The minimum Gasteiger partial charge on any atom is -0.483 e. The number of nitro groups is 1. The molecule has 0 saturated heterocycles. The van der Waals surface area contributed by atoms with Gasteiger partial charge in [-0.1, -0.05) is 6.92 Å². The second kappa shape index (κ2) is 8.08. The summed E-state index contributed by atoms with van der Waals surface area (Å²) in [5.41, 5.74) is 1.61. The van der Waals surface area contributed by atoms with Gasteiger partial charge in [-0.05, 0) is 43.7 Å². The molecule has 1 aliphatic rings. The van der Waals surface area contributed by atoms with Gasteiger partial charge < -0.3 is 15.0 Å². The lowest BCUT2D eigenvalue weighted by Gasteiger charge is -2.26. The summed E-state index contributed by atoms with van der Waals surface area (Å²) in [7, 11) is 0. The molecule has 28 heavy (non-hydrogen) atoms. The van der Waals surface area contributed by atoms with E-state index >= 15 is 0 Å². The van der Waals surface area contributed by atoms with Crippen molar-refractivity contribution >= 4 is 23.2 Å². The summed E-state index contributed by atoms with van der Waals surface area (Å²) >= 11 is 0. The Morgan fingerprint density at radius 1 is 1.29 bits per heavy atom. The number of ether oxygens (including phenoxy) is 1. The van der Waals surface area contributed by atoms with Crippen LogP contribution < -0.4 is 10.1 Å². The highest BCUT2D eigenvalue weighted by Gasteiger charge is 2.25. The van der Waals surface area contributed by atoms with E-state index in [0.717, 1.165) is 12.0 Å². The van der Waals surface area contributed by atoms with Crippen molar-refractivity contribution in [3.8, 4) is 5.75 Å². The van der Waals surface area contributed by atoms with Gasteiger partial charge >= 0.3 is 0 Å². The number of hydrogen-bond acceptors (Lipinski definition) is 5. The Morgan fingerprint density at radius 3 is 2.64 bits per heavy atom. The van der Waals surface area contributed by atoms with Crippen molar-refractivity contribution in [3.63, 3.8) is 0 Å². The molecule has 2 aromatic carbocycles. The molecule has 0 aromatic heterocycles. The molecule has 2 aromatic rings. The van der Waals surface area contributed by atoms with Crippen LogP contribution in [0.2, 0.25) is 0 Å². The van der Waals surface area contributed by atoms with Gasteiger partial charge in [0.2, 0.25) is 0 Å². The van der Waals surface area contributed by atoms with Gasteiger partial charge in [0.25, 0.3) is 17.5 Å². The standard InChI is InChI=1S/C20H21N3O5/c1-3-13(2)22-11-15-10-16(6-9-18(15)28-12-19(22)24)21-20(25)14-4-7-17(8-5-14)23(26)27/h4-10,13H,3,11-12H2,1-2H3,(H,21,25). The van der Waals surface area contributed by atoms with Crippen LogP contribution >= 0.6 is 0 Å². The number of anilines is 1. The second-order valence-corrected chi connectivity index (χ2v) is 6.65. The molecule has 2 amide bonds. The largest absolute Gasteiger partial charge is 0.483 e. The number of carbonyl (C=O) groups is 2. The third-order valence-electron chi connectivity index (χ3n) is 4.79. The highest BCUT2D eigenvalue weighted by atomic mass is 16.6. The first-order valence-electron chi connectivity index (χ1n) is 9.00. The third kappa shape index (κ3) is 4.11. The lowest BCUT2D eigenvalue weighted by molar-refractivity contribution is -0.384. The van der Waals surface area contributed by atoms with Crippen molar-refractivity contribution in [2.45, 2.75) is 32.9 Å². The summed E-state index contributed by atoms with van der Waals surface area (Å²) in [6.07, 6.45) is 0.831. The van der Waals surface area contributed by atoms with Crippen molar-refractivity contribution in [2.24, 2.45) is 0 Å². The number of amides is 2. The van der Waals surface area contributed by atoms with Gasteiger partial charge in [0.1, 0.15) is 5.75 Å². The molecule has 0 bridgehead atoms. The molecule has 0 saturated carbocycles. The first kappa shape index (κ1) is 19.3. The highest BCUT2D eigenvalue weighted by molar-refractivity contribution is 6.04. The lowest BCUT2D eigenvalue weighted by atomic mass is 10.1. The summed E-state index contributed by atoms with van der Waals surface area (Å²) in [6.45, 7) is 4.41. The van der Waals surface area contributed by atoms with Gasteiger partial charge in [-0.25, -0.2) is 0 Å². The number of non-ortho nitro benzene ring substituents is 1. The lowest BCUT2D eigenvalue weighted by Crippen LogP contribution is -2.39. The van der Waals surface area contributed by atoms with E-state index in [1.165, 1.54) is 24.3 Å². The smallest absolute Gasteiger partial charge is 0.269 e. The zero-order valence-electron chi connectivity index (χ0n) is 15.7. The fourth-order valence-corrected chi connectivity index (χ4v) is 2.98. The Balaban J connectivity index is 1.78. The Bertz CT molecular complexity index is 911. The molecular weight excluding hydrogens is 362 g/mol. The average molecular weight is 383 g/mol. The van der Waals surface area contributed by atoms with E-state index in [2.05, 4.69) is 5.32 Å². The number of hydrogen-bond donors (Lipinski definition) is 1. The van der Waals surface area contributed by atoms with E-state index in [1.54, 1.807) is 23.1 Å². The molecule has 1 aliphatic heterocycles. The van der Waals surface area contributed by atoms with E-state index in [9.17, 15) is 19.7 Å². The summed E-state index contributed by atoms with van der Waals surface area (Å²) in [5, 5.41) is 13.5. The minimum absolute atomic E-state index is 0.00809. The molecule has 1 unspecified atom stereocenters. The maximum atomic E-state index is 12.4. The molecule has 0 aliphatic carbocycles. The van der Waals surface area contributed by atoms with Gasteiger partial charge in [-0.3, -0.25) is 19.7 Å². The number of nitro benzene ring substituents is 1. The number of fused-ring (bicyclic) bond motifs is 1. The predicted molar refractivity (Wildman–Crippen MR) is 103 cm³/mol. The molecule has 1 heterocycles. The quantitative estimate of drug-likeness (QED) is 0.630. The van der Waals surface area contributed by atoms with Gasteiger partial charge in [-0.2, -0.15) is 0 Å². The minimum atomic E-state index is -0.515. The molecule has 1 atom stereocenters. The molecule has 3 rings (SSSR count). The van der Waals surface area contributed by atoms with Gasteiger partial charge in [0.15, 0.2) is 6.61 Å². The topological polar surface area (TPSA) is 102 Å². The van der Waals surface area contributed by atoms with Crippen molar-refractivity contribution in [1.29, 1.82) is 0 Å². The SMILES string of the molecule is CCC(C)N1Cc2cc(NC(=O)c3ccc([N+](=O)[O-])cc3)ccc2OCC1=O. The molecule has 0 spiro atoms. The fraction of sp³-hybridized carbons (Fsp3) is 0.300. The predicted octanol–water partition coefficient (Wildman–Crippen LogP) is 3.37. The molecule has 0 radical (unpaired) electrons. The molecular formula is C20H21N3O5. The van der Waals surface area contributed by atoms with E-state index in [4.69, 9.17) is 4.74 Å². The first-order valence-corrected chi connectivity index (χ1v) is 9.00. The first-order chi connectivity index (χ1) is 13.4. The Morgan fingerprint density at radius 2 is 2.00 bits per heavy atom. The van der Waals surface area contributed by atoms with Crippen LogP contribution in [0.3, 0.4) is 0 Å². The maximum absolute atomic E-state index is 12.4. The van der Waals surface area contributed by atoms with E-state index in [-0.39, 0.29) is 30.2 Å². The molecule has 1 N–H and O–H groups in total. The summed E-state index contributed by atoms with van der Waals surface area (Å²) in [6, 6.07) is 10.7. The van der Waals surface area contributed by atoms with Crippen LogP contribution in [0.15, 0.2) is 42.5 Å². The van der Waals surface area contributed by atoms with Gasteiger partial charge in [0, 0.05) is 41.5 Å². The monoisotopic (exact) mass is 383 g/mol. The zero-order valence-corrected chi connectivity index (χ0v) is 15.7. The second-order valence-electron chi connectivity index (χ2n) is 6.65. The third-order valence-corrected chi connectivity index (χ3v) is 4.79. The van der Waals surface area contributed by atoms with Crippen LogP contribution in [0.5, 0.6) is 5.75 Å². The van der Waals surface area contributed by atoms with Gasteiger partial charge in [0.05, 0.1) is 4.92 Å². The van der Waals surface area contributed by atoms with Crippen molar-refractivity contribution < 1.29 is 19.2 Å². The number of rotatable bonds is 5. The van der Waals surface area contributed by atoms with E-state index in [0.29, 0.717) is 23.5 Å². The molecule has 0 fully saturated rings. The normalized spacial score (nSPS) is 14.5. The fourth-order valence-electron chi connectivity index (χ4n) is 2.98. The average Bonchev–Trinajstić information content (AvgIpc) is 2.86. The van der Waals surface area contributed by atoms with Crippen LogP contribution in [0.25, 0.3) is 0 Å². The van der Waals surface area contributed by atoms with E-state index in [1.807, 2.05) is 13.8 Å². The van der Waals surface area contributed by atoms with Crippen LogP contribution in [-0.2, 0) is 11.3 Å². The van der Waals surface area contributed by atoms with Gasteiger partial charge in [-0.15, -0.1) is 0 Å². The highest BCUT2D eigenvalue weighted by Crippen LogP contribution is 2.28. The Labute approximate surface area is 162 Å². The van der Waals surface area contributed by atoms with Crippen LogP contribution in [0, 0.1) is 10.1 Å². The van der Waals surface area contributed by atoms with E-state index < -0.39 is 4.92 Å². The molecule has 146 valence electrons. The van der Waals surface area contributed by atoms with Crippen LogP contribution in [-0.4, -0.2) is 34.3 Å². The Hall–Kier alpha value is -3.42. The molecule has 8 nitrogen and oxygen atoms in total. The van der Waals surface area contributed by atoms with Crippen molar-refractivity contribution in [3.05, 3.63) is 63.7 Å². The van der Waals surface area contributed by atoms with Crippen molar-refractivity contribution in [1.82, 2.24) is 4.90 Å². The Kier molecular flexibility index (Phi) is 5.58. The van der Waals surface area contributed by atoms with Crippen molar-refractivity contribution in [2.75, 3.05) is 11.9 Å². The number of benzene rings is 2. The maximum Gasteiger partial charge on any atom is 0.269 e. The van der Waals surface area contributed by atoms with Crippen LogP contribution in [0.1, 0.15) is 36.2 Å². The summed E-state index contributed by atoms with van der Waals surface area (Å²) < 4.78 is 5.60. The number of nitrogens with one attached hydrogen (secondary N) is 1. The summed E-state index contributed by atoms with van der Waals surface area (Å²) in [4.78, 5) is 36.7. The molecule has 8 heteroatoms. The number of nitrogens with zero attached hydrogens (tertiary/aromatic N) is 2. The van der Waals surface area contributed by atoms with Crippen LogP contribution in [0.4, 0.5) is 11.4 Å². The summed E-state index contributed by atoms with van der Waals surface area (Å²) in [5.74, 6) is 0.175. The zero-order chi connectivity index (χ0) is 20.3.